The van der Waals surface area contributed by atoms with Crippen molar-refractivity contribution in [3.05, 3.63) is 41.2 Å². The van der Waals surface area contributed by atoms with Crippen LogP contribution in [0.1, 0.15) is 16.8 Å². The quantitative estimate of drug-likeness (QED) is 0.791. The Balaban J connectivity index is 2.22. The number of benzene rings is 1. The van der Waals surface area contributed by atoms with E-state index in [1.54, 1.807) is 17.8 Å². The molecule has 0 radical (unpaired) electrons. The van der Waals surface area contributed by atoms with Gasteiger partial charge in [-0.3, -0.25) is 4.68 Å². The first kappa shape index (κ1) is 15.9. The van der Waals surface area contributed by atoms with Gasteiger partial charge in [-0.25, -0.2) is 8.42 Å². The van der Waals surface area contributed by atoms with Gasteiger partial charge < -0.3 is 4.74 Å². The fraction of sp³-hybridized carbons (Fsp3) is 0.357. The van der Waals surface area contributed by atoms with Gasteiger partial charge in [-0.15, -0.1) is 0 Å². The van der Waals surface area contributed by atoms with E-state index >= 15 is 0 Å². The van der Waals surface area contributed by atoms with Gasteiger partial charge in [0.2, 0.25) is 0 Å². The number of hydrogen-bond donors (Lipinski definition) is 0. The third kappa shape index (κ3) is 3.77. The smallest absolute Gasteiger partial charge is 0.265 e. The summed E-state index contributed by atoms with van der Waals surface area (Å²) in [6.45, 7) is 3.97. The summed E-state index contributed by atoms with van der Waals surface area (Å²) in [5, 5.41) is 4.07. The molecule has 5 nitrogen and oxygen atoms in total. The number of nitrogens with zero attached hydrogens (tertiary/aromatic N) is 2. The third-order valence-corrected chi connectivity index (χ3v) is 4.50. The van der Waals surface area contributed by atoms with Gasteiger partial charge in [0, 0.05) is 36.0 Å². The van der Waals surface area contributed by atoms with Crippen molar-refractivity contribution in [1.29, 1.82) is 0 Å². The largest absolute Gasteiger partial charge is 0.491 e. The topological polar surface area (TPSA) is 61.2 Å². The zero-order valence-electron chi connectivity index (χ0n) is 12.1. The highest BCUT2D eigenvalue weighted by molar-refractivity contribution is 8.13. The fourth-order valence-electron chi connectivity index (χ4n) is 2.19. The van der Waals surface area contributed by atoms with E-state index in [0.717, 1.165) is 16.8 Å². The summed E-state index contributed by atoms with van der Waals surface area (Å²) in [6, 6.07) is 5.28. The molecule has 2 aromatic rings. The Bertz CT molecular complexity index is 754. The Morgan fingerprint density at radius 3 is 2.62 bits per heavy atom. The standard InChI is InChI=1S/C14H17ClN2O3S/c1-10-8-11(2)14(13(9-10)21(15,18)19)20-7-5-12-4-6-16-17(12)3/h4,6,8-9H,5,7H2,1-3H3. The number of hydrogen-bond acceptors (Lipinski definition) is 4. The molecule has 0 saturated carbocycles. The Morgan fingerprint density at radius 2 is 2.05 bits per heavy atom. The van der Waals surface area contributed by atoms with E-state index in [2.05, 4.69) is 5.10 Å². The van der Waals surface area contributed by atoms with E-state index in [0.29, 0.717) is 18.8 Å². The first-order valence-corrected chi connectivity index (χ1v) is 8.75. The van der Waals surface area contributed by atoms with E-state index in [9.17, 15) is 8.42 Å². The van der Waals surface area contributed by atoms with Gasteiger partial charge in [0.05, 0.1) is 6.61 Å². The molecule has 1 heterocycles. The number of aryl methyl sites for hydroxylation is 3. The number of rotatable bonds is 5. The van der Waals surface area contributed by atoms with Gasteiger partial charge in [0.25, 0.3) is 9.05 Å². The van der Waals surface area contributed by atoms with Crippen molar-refractivity contribution in [2.24, 2.45) is 7.05 Å². The van der Waals surface area contributed by atoms with Crippen LogP contribution in [0.5, 0.6) is 5.75 Å². The average molecular weight is 329 g/mol. The zero-order chi connectivity index (χ0) is 15.6. The van der Waals surface area contributed by atoms with Crippen LogP contribution in [0, 0.1) is 13.8 Å². The second-order valence-corrected chi connectivity index (χ2v) is 7.43. The van der Waals surface area contributed by atoms with Gasteiger partial charge in [-0.1, -0.05) is 6.07 Å². The minimum atomic E-state index is -3.84. The van der Waals surface area contributed by atoms with Crippen LogP contribution in [0.4, 0.5) is 0 Å². The van der Waals surface area contributed by atoms with Gasteiger partial charge >= 0.3 is 0 Å². The molecule has 0 amide bonds. The summed E-state index contributed by atoms with van der Waals surface area (Å²) in [5.74, 6) is 0.317. The molecule has 1 aromatic carbocycles. The lowest BCUT2D eigenvalue weighted by Crippen LogP contribution is -2.09. The maximum absolute atomic E-state index is 11.7. The highest BCUT2D eigenvalue weighted by atomic mass is 35.7. The molecule has 0 aliphatic rings. The Hall–Kier alpha value is -1.53. The SMILES string of the molecule is Cc1cc(C)c(OCCc2ccnn2C)c(S(=O)(=O)Cl)c1. The molecule has 0 N–H and O–H groups in total. The monoisotopic (exact) mass is 328 g/mol. The predicted molar refractivity (Wildman–Crippen MR) is 81.4 cm³/mol. The number of ether oxygens (including phenoxy) is 1. The van der Waals surface area contributed by atoms with Crippen molar-refractivity contribution < 1.29 is 13.2 Å². The van der Waals surface area contributed by atoms with Crippen LogP contribution in [-0.4, -0.2) is 24.8 Å². The molecule has 21 heavy (non-hydrogen) atoms. The van der Waals surface area contributed by atoms with Gasteiger partial charge in [-0.2, -0.15) is 5.10 Å². The molecule has 2 rings (SSSR count). The maximum Gasteiger partial charge on any atom is 0.265 e. The molecule has 114 valence electrons. The van der Waals surface area contributed by atoms with Crippen molar-refractivity contribution in [3.8, 4) is 5.75 Å². The van der Waals surface area contributed by atoms with Gasteiger partial charge in [-0.05, 0) is 37.1 Å². The summed E-state index contributed by atoms with van der Waals surface area (Å²) < 4.78 is 30.8. The van der Waals surface area contributed by atoms with Crippen LogP contribution in [-0.2, 0) is 22.5 Å². The van der Waals surface area contributed by atoms with E-state index in [4.69, 9.17) is 15.4 Å². The molecule has 7 heteroatoms. The zero-order valence-corrected chi connectivity index (χ0v) is 13.7. The van der Waals surface area contributed by atoms with Crippen molar-refractivity contribution in [2.75, 3.05) is 6.61 Å². The van der Waals surface area contributed by atoms with E-state index in [1.807, 2.05) is 26.1 Å². The van der Waals surface area contributed by atoms with Crippen LogP contribution >= 0.6 is 10.7 Å². The lowest BCUT2D eigenvalue weighted by Gasteiger charge is -2.13. The van der Waals surface area contributed by atoms with Crippen LogP contribution in [0.2, 0.25) is 0 Å². The molecular weight excluding hydrogens is 312 g/mol. The van der Waals surface area contributed by atoms with E-state index in [1.165, 1.54) is 6.07 Å². The van der Waals surface area contributed by atoms with Crippen LogP contribution < -0.4 is 4.74 Å². The molecule has 0 bridgehead atoms. The van der Waals surface area contributed by atoms with Crippen molar-refractivity contribution in [3.63, 3.8) is 0 Å². The van der Waals surface area contributed by atoms with Gasteiger partial charge in [0.1, 0.15) is 10.6 Å². The lowest BCUT2D eigenvalue weighted by atomic mass is 10.1. The molecule has 0 atom stereocenters. The minimum Gasteiger partial charge on any atom is -0.491 e. The third-order valence-electron chi connectivity index (χ3n) is 3.17. The van der Waals surface area contributed by atoms with E-state index < -0.39 is 9.05 Å². The Labute approximate surface area is 128 Å². The molecule has 0 saturated heterocycles. The van der Waals surface area contributed by atoms with Crippen molar-refractivity contribution in [1.82, 2.24) is 9.78 Å². The predicted octanol–water partition coefficient (Wildman–Crippen LogP) is 2.59. The second kappa shape index (κ2) is 6.07. The van der Waals surface area contributed by atoms with Crippen molar-refractivity contribution in [2.45, 2.75) is 25.2 Å². The molecule has 0 spiro atoms. The average Bonchev–Trinajstić information content (AvgIpc) is 2.76. The molecule has 0 fully saturated rings. The summed E-state index contributed by atoms with van der Waals surface area (Å²) in [6.07, 6.45) is 2.34. The molecule has 1 aromatic heterocycles. The summed E-state index contributed by atoms with van der Waals surface area (Å²) in [7, 11) is 3.50. The van der Waals surface area contributed by atoms with Crippen molar-refractivity contribution >= 4 is 19.7 Å². The molecule has 0 aliphatic carbocycles. The number of halogens is 1. The maximum atomic E-state index is 11.7. The Kier molecular flexibility index (Phi) is 4.58. The second-order valence-electron chi connectivity index (χ2n) is 4.89. The lowest BCUT2D eigenvalue weighted by molar-refractivity contribution is 0.308. The molecule has 0 aliphatic heterocycles. The van der Waals surface area contributed by atoms with Gasteiger partial charge in [0.15, 0.2) is 0 Å². The highest BCUT2D eigenvalue weighted by Crippen LogP contribution is 2.31. The van der Waals surface area contributed by atoms with E-state index in [-0.39, 0.29) is 4.90 Å². The number of aromatic nitrogens is 2. The fourth-order valence-corrected chi connectivity index (χ4v) is 3.30. The summed E-state index contributed by atoms with van der Waals surface area (Å²) in [4.78, 5) is 0.0201. The molecule has 0 unspecified atom stereocenters. The first-order chi connectivity index (χ1) is 9.79. The highest BCUT2D eigenvalue weighted by Gasteiger charge is 2.19. The first-order valence-electron chi connectivity index (χ1n) is 6.44. The summed E-state index contributed by atoms with van der Waals surface area (Å²) in [5.41, 5.74) is 2.58. The van der Waals surface area contributed by atoms with Crippen LogP contribution in [0.15, 0.2) is 29.3 Å². The normalized spacial score (nSPS) is 11.6. The minimum absolute atomic E-state index is 0.0201. The summed E-state index contributed by atoms with van der Waals surface area (Å²) >= 11 is 0. The van der Waals surface area contributed by atoms with Crippen LogP contribution in [0.25, 0.3) is 0 Å². The molecular formula is C14H17ClN2O3S. The van der Waals surface area contributed by atoms with Crippen LogP contribution in [0.3, 0.4) is 0 Å². The Morgan fingerprint density at radius 1 is 1.33 bits per heavy atom.